The minimum Gasteiger partial charge on any atom is -0.493 e. The SMILES string of the molecule is [B]C1(O)CC=C[C@@]2(c3ccc(OC)c(OC)c3)CCN(C)C12. The second kappa shape index (κ2) is 5.32. The lowest BCUT2D eigenvalue weighted by Crippen LogP contribution is -2.58. The Morgan fingerprint density at radius 1 is 1.27 bits per heavy atom. The summed E-state index contributed by atoms with van der Waals surface area (Å²) in [5.74, 6) is 1.40. The lowest BCUT2D eigenvalue weighted by Gasteiger charge is -2.47. The molecule has 1 N–H and O–H groups in total. The minimum absolute atomic E-state index is 0.150. The molecule has 3 rings (SSSR count). The molecule has 1 aromatic carbocycles. The second-order valence-electron chi connectivity index (χ2n) is 6.34. The molecule has 2 radical (unpaired) electrons. The Labute approximate surface area is 133 Å². The number of rotatable bonds is 3. The van der Waals surface area contributed by atoms with E-state index in [4.69, 9.17) is 17.3 Å². The van der Waals surface area contributed by atoms with Gasteiger partial charge in [0.2, 0.25) is 0 Å². The van der Waals surface area contributed by atoms with Crippen LogP contribution in [-0.2, 0) is 5.41 Å². The van der Waals surface area contributed by atoms with E-state index >= 15 is 0 Å². The molecule has 2 unspecified atom stereocenters. The van der Waals surface area contributed by atoms with E-state index in [1.54, 1.807) is 14.2 Å². The number of benzene rings is 1. The molecule has 0 amide bonds. The molecule has 1 heterocycles. The van der Waals surface area contributed by atoms with E-state index < -0.39 is 5.50 Å². The first-order chi connectivity index (χ1) is 10.4. The highest BCUT2D eigenvalue weighted by molar-refractivity contribution is 6.15. The molecule has 22 heavy (non-hydrogen) atoms. The van der Waals surface area contributed by atoms with Crippen LogP contribution in [0.15, 0.2) is 30.4 Å². The third kappa shape index (κ3) is 2.15. The topological polar surface area (TPSA) is 41.9 Å². The predicted molar refractivity (Wildman–Crippen MR) is 86.7 cm³/mol. The number of ether oxygens (including phenoxy) is 2. The first-order valence-corrected chi connectivity index (χ1v) is 7.56. The van der Waals surface area contributed by atoms with E-state index in [9.17, 15) is 5.11 Å². The van der Waals surface area contributed by atoms with E-state index in [-0.39, 0.29) is 11.5 Å². The van der Waals surface area contributed by atoms with E-state index in [0.717, 1.165) is 18.5 Å². The normalized spacial score (nSPS) is 34.5. The Hall–Kier alpha value is -1.46. The van der Waals surface area contributed by atoms with E-state index in [2.05, 4.69) is 11.0 Å². The average molecular weight is 299 g/mol. The van der Waals surface area contributed by atoms with Crippen molar-refractivity contribution in [3.63, 3.8) is 0 Å². The molecule has 0 saturated carbocycles. The quantitative estimate of drug-likeness (QED) is 0.678. The Kier molecular flexibility index (Phi) is 3.73. The summed E-state index contributed by atoms with van der Waals surface area (Å²) in [6.45, 7) is 0.892. The van der Waals surface area contributed by atoms with Gasteiger partial charge in [-0.25, -0.2) is 0 Å². The van der Waals surface area contributed by atoms with Gasteiger partial charge in [-0.05, 0) is 44.1 Å². The maximum atomic E-state index is 10.7. The summed E-state index contributed by atoms with van der Waals surface area (Å²) in [4.78, 5) is 2.15. The molecule has 1 saturated heterocycles. The molecule has 5 heteroatoms. The molecular weight excluding hydrogens is 277 g/mol. The largest absolute Gasteiger partial charge is 0.493 e. The van der Waals surface area contributed by atoms with Crippen LogP contribution in [0.1, 0.15) is 18.4 Å². The molecule has 1 aromatic rings. The summed E-state index contributed by atoms with van der Waals surface area (Å²) in [5, 5.41) is 10.7. The van der Waals surface area contributed by atoms with Crippen molar-refractivity contribution in [3.05, 3.63) is 35.9 Å². The molecule has 0 spiro atoms. The summed E-state index contributed by atoms with van der Waals surface area (Å²) in [7, 11) is 11.5. The maximum Gasteiger partial charge on any atom is 0.161 e. The third-order valence-electron chi connectivity index (χ3n) is 5.06. The van der Waals surface area contributed by atoms with Gasteiger partial charge in [-0.3, -0.25) is 0 Å². The van der Waals surface area contributed by atoms with Crippen molar-refractivity contribution in [2.75, 3.05) is 27.8 Å². The third-order valence-corrected chi connectivity index (χ3v) is 5.06. The fourth-order valence-electron chi connectivity index (χ4n) is 4.12. The van der Waals surface area contributed by atoms with Crippen molar-refractivity contribution in [3.8, 4) is 11.5 Å². The van der Waals surface area contributed by atoms with Crippen LogP contribution in [0.5, 0.6) is 11.5 Å². The van der Waals surface area contributed by atoms with E-state index in [1.807, 2.05) is 31.3 Å². The van der Waals surface area contributed by atoms with Crippen molar-refractivity contribution in [2.24, 2.45) is 0 Å². The molecule has 0 bridgehead atoms. The first kappa shape index (κ1) is 15.4. The first-order valence-electron chi connectivity index (χ1n) is 7.56. The van der Waals surface area contributed by atoms with Crippen LogP contribution in [0.25, 0.3) is 0 Å². The second-order valence-corrected chi connectivity index (χ2v) is 6.34. The molecular formula is C17H22BNO3. The molecule has 0 aromatic heterocycles. The highest BCUT2D eigenvalue weighted by Crippen LogP contribution is 2.49. The van der Waals surface area contributed by atoms with Crippen molar-refractivity contribution in [2.45, 2.75) is 29.8 Å². The van der Waals surface area contributed by atoms with Gasteiger partial charge in [0.15, 0.2) is 11.5 Å². The fourth-order valence-corrected chi connectivity index (χ4v) is 4.12. The minimum atomic E-state index is -1.23. The highest BCUT2D eigenvalue weighted by atomic mass is 16.5. The Morgan fingerprint density at radius 3 is 2.68 bits per heavy atom. The lowest BCUT2D eigenvalue weighted by atomic mass is 9.58. The number of aliphatic hydroxyl groups is 1. The number of nitrogens with zero attached hydrogens (tertiary/aromatic N) is 1. The zero-order valence-corrected chi connectivity index (χ0v) is 13.4. The van der Waals surface area contributed by atoms with Crippen LogP contribution in [0.3, 0.4) is 0 Å². The van der Waals surface area contributed by atoms with Gasteiger partial charge in [0.25, 0.3) is 0 Å². The molecule has 116 valence electrons. The van der Waals surface area contributed by atoms with Crippen LogP contribution >= 0.6 is 0 Å². The molecule has 2 aliphatic rings. The molecule has 1 fully saturated rings. The van der Waals surface area contributed by atoms with Gasteiger partial charge in [-0.2, -0.15) is 0 Å². The van der Waals surface area contributed by atoms with Gasteiger partial charge in [-0.1, -0.05) is 18.2 Å². The molecule has 3 atom stereocenters. The fraction of sp³-hybridized carbons (Fsp3) is 0.529. The lowest BCUT2D eigenvalue weighted by molar-refractivity contribution is 0.0231. The van der Waals surface area contributed by atoms with Crippen molar-refractivity contribution in [1.29, 1.82) is 0 Å². The molecule has 1 aliphatic carbocycles. The van der Waals surface area contributed by atoms with E-state index in [0.29, 0.717) is 17.9 Å². The highest BCUT2D eigenvalue weighted by Gasteiger charge is 2.54. The van der Waals surface area contributed by atoms with Crippen LogP contribution in [0.4, 0.5) is 0 Å². The Morgan fingerprint density at radius 2 is 2.00 bits per heavy atom. The predicted octanol–water partition coefficient (Wildman–Crippen LogP) is 1.46. The van der Waals surface area contributed by atoms with Crippen molar-refractivity contribution < 1.29 is 14.6 Å². The zero-order chi connectivity index (χ0) is 16.0. The van der Waals surface area contributed by atoms with E-state index in [1.165, 1.54) is 0 Å². The summed E-state index contributed by atoms with van der Waals surface area (Å²) in [6, 6.07) is 5.80. The van der Waals surface area contributed by atoms with Gasteiger partial charge in [-0.15, -0.1) is 0 Å². The number of methoxy groups -OCH3 is 2. The monoisotopic (exact) mass is 299 g/mol. The standard InChI is InChI=1S/C17H22BNO3/c1-19-10-9-16(7-4-8-17(18,20)15(16)19)12-5-6-13(21-2)14(11-12)22-3/h4-7,11,15,20H,8-10H2,1-3H3/t15?,16-,17?/m0/s1. The van der Waals surface area contributed by atoms with Crippen molar-refractivity contribution in [1.82, 2.24) is 4.90 Å². The number of hydrogen-bond donors (Lipinski definition) is 1. The number of fused-ring (bicyclic) bond motifs is 1. The van der Waals surface area contributed by atoms with Gasteiger partial charge in [0.05, 0.1) is 14.2 Å². The smallest absolute Gasteiger partial charge is 0.161 e. The van der Waals surface area contributed by atoms with Crippen LogP contribution < -0.4 is 9.47 Å². The summed E-state index contributed by atoms with van der Waals surface area (Å²) in [5.41, 5.74) is -0.428. The number of hydrogen-bond acceptors (Lipinski definition) is 4. The van der Waals surface area contributed by atoms with Crippen LogP contribution in [0.2, 0.25) is 0 Å². The van der Waals surface area contributed by atoms with Crippen molar-refractivity contribution >= 4 is 7.85 Å². The van der Waals surface area contributed by atoms with Crippen LogP contribution in [-0.4, -0.2) is 57.2 Å². The Balaban J connectivity index is 2.12. The number of likely N-dealkylation sites (tertiary alicyclic amines) is 1. The van der Waals surface area contributed by atoms with Gasteiger partial charge < -0.3 is 19.5 Å². The van der Waals surface area contributed by atoms with Crippen LogP contribution in [0, 0.1) is 0 Å². The average Bonchev–Trinajstić information content (AvgIpc) is 2.86. The van der Waals surface area contributed by atoms with Gasteiger partial charge >= 0.3 is 0 Å². The number of likely N-dealkylation sites (N-methyl/N-ethyl adjacent to an activating group) is 1. The molecule has 4 nitrogen and oxygen atoms in total. The maximum absolute atomic E-state index is 10.7. The van der Waals surface area contributed by atoms with Gasteiger partial charge in [0.1, 0.15) is 7.85 Å². The summed E-state index contributed by atoms with van der Waals surface area (Å²) >= 11 is 0. The zero-order valence-electron chi connectivity index (χ0n) is 13.4. The van der Waals surface area contributed by atoms with Gasteiger partial charge in [0, 0.05) is 17.0 Å². The summed E-state index contributed by atoms with van der Waals surface area (Å²) < 4.78 is 10.8. The molecule has 1 aliphatic heterocycles. The Bertz CT molecular complexity index is 602. The summed E-state index contributed by atoms with van der Waals surface area (Å²) in [6.07, 6.45) is 5.58.